The van der Waals surface area contributed by atoms with Crippen molar-refractivity contribution in [2.45, 2.75) is 13.3 Å². The number of aromatic nitrogens is 1. The van der Waals surface area contributed by atoms with Crippen LogP contribution in [0.25, 0.3) is 10.6 Å². The van der Waals surface area contributed by atoms with Crippen LogP contribution in [0.5, 0.6) is 5.75 Å². The lowest BCUT2D eigenvalue weighted by Crippen LogP contribution is -2.15. The molecule has 3 aromatic rings. The molecule has 0 atom stereocenters. The smallest absolute Gasteiger partial charge is 0.230 e. The number of rotatable bonds is 6. The molecule has 3 rings (SSSR count). The van der Waals surface area contributed by atoms with E-state index in [-0.39, 0.29) is 12.3 Å². The first kappa shape index (κ1) is 15.3. The molecule has 1 amide bonds. The molecule has 2 aromatic heterocycles. The molecule has 2 heterocycles. The first-order valence-corrected chi connectivity index (χ1v) is 8.15. The molecule has 6 heteroatoms. The number of anilines is 1. The van der Waals surface area contributed by atoms with Gasteiger partial charge in [-0.05, 0) is 30.5 Å². The Morgan fingerprint density at radius 1 is 1.30 bits per heavy atom. The van der Waals surface area contributed by atoms with Crippen LogP contribution in [0.15, 0.2) is 52.4 Å². The molecule has 0 bridgehead atoms. The van der Waals surface area contributed by atoms with Gasteiger partial charge in [0, 0.05) is 6.07 Å². The lowest BCUT2D eigenvalue weighted by Gasteiger charge is -2.10. The number of amides is 1. The van der Waals surface area contributed by atoms with Gasteiger partial charge in [-0.15, -0.1) is 11.3 Å². The number of thiophene rings is 1. The normalized spacial score (nSPS) is 10.5. The zero-order chi connectivity index (χ0) is 16.1. The van der Waals surface area contributed by atoms with Crippen molar-refractivity contribution in [2.24, 2.45) is 0 Å². The minimum absolute atomic E-state index is 0.148. The predicted octanol–water partition coefficient (Wildman–Crippen LogP) is 3.98. The number of para-hydroxylation sites is 2. The number of benzene rings is 1. The average molecular weight is 328 g/mol. The Bertz CT molecular complexity index is 781. The number of hydrogen-bond donors (Lipinski definition) is 1. The fourth-order valence-corrected chi connectivity index (χ4v) is 2.81. The van der Waals surface area contributed by atoms with Gasteiger partial charge in [-0.3, -0.25) is 4.79 Å². The zero-order valence-electron chi connectivity index (χ0n) is 12.6. The Morgan fingerprint density at radius 2 is 2.17 bits per heavy atom. The van der Waals surface area contributed by atoms with E-state index < -0.39 is 0 Å². The van der Waals surface area contributed by atoms with Gasteiger partial charge in [-0.1, -0.05) is 23.4 Å². The van der Waals surface area contributed by atoms with Crippen LogP contribution in [0.3, 0.4) is 0 Å². The molecule has 118 valence electrons. The highest BCUT2D eigenvalue weighted by Gasteiger charge is 2.13. The van der Waals surface area contributed by atoms with Crippen LogP contribution in [0.4, 0.5) is 5.69 Å². The number of carbonyl (C=O) groups is 1. The lowest BCUT2D eigenvalue weighted by atomic mass is 10.2. The summed E-state index contributed by atoms with van der Waals surface area (Å²) in [5.41, 5.74) is 1.25. The quantitative estimate of drug-likeness (QED) is 0.743. The molecular formula is C17H16N2O3S. The van der Waals surface area contributed by atoms with Crippen LogP contribution >= 0.6 is 11.3 Å². The second-order valence-electron chi connectivity index (χ2n) is 4.81. The van der Waals surface area contributed by atoms with Gasteiger partial charge in [0.1, 0.15) is 5.75 Å². The van der Waals surface area contributed by atoms with Crippen LogP contribution in [-0.4, -0.2) is 17.7 Å². The molecule has 1 N–H and O–H groups in total. The van der Waals surface area contributed by atoms with Crippen LogP contribution in [0.2, 0.25) is 0 Å². The molecule has 23 heavy (non-hydrogen) atoms. The van der Waals surface area contributed by atoms with Crippen molar-refractivity contribution >= 4 is 22.9 Å². The van der Waals surface area contributed by atoms with Gasteiger partial charge in [0.05, 0.1) is 29.3 Å². The van der Waals surface area contributed by atoms with E-state index in [4.69, 9.17) is 9.26 Å². The Morgan fingerprint density at radius 3 is 2.96 bits per heavy atom. The molecule has 5 nitrogen and oxygen atoms in total. The third-order valence-electron chi connectivity index (χ3n) is 3.13. The van der Waals surface area contributed by atoms with Crippen LogP contribution in [-0.2, 0) is 11.2 Å². The zero-order valence-corrected chi connectivity index (χ0v) is 13.4. The average Bonchev–Trinajstić information content (AvgIpc) is 3.20. The first-order chi connectivity index (χ1) is 11.3. The van der Waals surface area contributed by atoms with Gasteiger partial charge < -0.3 is 14.6 Å². The summed E-state index contributed by atoms with van der Waals surface area (Å²) in [7, 11) is 0. The summed E-state index contributed by atoms with van der Waals surface area (Å²) in [4.78, 5) is 13.2. The van der Waals surface area contributed by atoms with E-state index in [1.807, 2.05) is 48.7 Å². The number of hydrogen-bond acceptors (Lipinski definition) is 5. The van der Waals surface area contributed by atoms with E-state index in [2.05, 4.69) is 10.5 Å². The Labute approximate surface area is 137 Å². The van der Waals surface area contributed by atoms with E-state index in [1.165, 1.54) is 0 Å². The summed E-state index contributed by atoms with van der Waals surface area (Å²) in [5.74, 6) is 1.17. The van der Waals surface area contributed by atoms with Crippen LogP contribution in [0, 0.1) is 0 Å². The molecule has 0 unspecified atom stereocenters. The Balaban J connectivity index is 1.66. The molecule has 0 saturated heterocycles. The maximum absolute atomic E-state index is 12.2. The van der Waals surface area contributed by atoms with Gasteiger partial charge in [-0.2, -0.15) is 0 Å². The van der Waals surface area contributed by atoms with Crippen molar-refractivity contribution in [3.05, 3.63) is 53.5 Å². The lowest BCUT2D eigenvalue weighted by molar-refractivity contribution is -0.115. The van der Waals surface area contributed by atoms with E-state index in [1.54, 1.807) is 17.4 Å². The molecule has 0 aliphatic rings. The van der Waals surface area contributed by atoms with E-state index >= 15 is 0 Å². The molecule has 0 fully saturated rings. The number of nitrogens with zero attached hydrogens (tertiary/aromatic N) is 1. The standard InChI is InChI=1S/C17H16N2O3S/c1-2-21-14-7-4-3-6-13(14)18-17(20)11-12-10-15(22-19-12)16-8-5-9-23-16/h3-10H,2,11H2,1H3,(H,18,20). The summed E-state index contributed by atoms with van der Waals surface area (Å²) >= 11 is 1.57. The summed E-state index contributed by atoms with van der Waals surface area (Å²) < 4.78 is 10.8. The highest BCUT2D eigenvalue weighted by atomic mass is 32.1. The van der Waals surface area contributed by atoms with Crippen LogP contribution < -0.4 is 10.1 Å². The maximum Gasteiger partial charge on any atom is 0.230 e. The molecule has 1 aromatic carbocycles. The van der Waals surface area contributed by atoms with Gasteiger partial charge in [0.2, 0.25) is 5.91 Å². The molecule has 0 aliphatic heterocycles. The highest BCUT2D eigenvalue weighted by Crippen LogP contribution is 2.26. The maximum atomic E-state index is 12.2. The summed E-state index contributed by atoms with van der Waals surface area (Å²) in [5, 5.41) is 8.76. The van der Waals surface area contributed by atoms with Gasteiger partial charge in [0.15, 0.2) is 5.76 Å². The van der Waals surface area contributed by atoms with Crippen molar-refractivity contribution < 1.29 is 14.1 Å². The van der Waals surface area contributed by atoms with Gasteiger partial charge in [-0.25, -0.2) is 0 Å². The largest absolute Gasteiger partial charge is 0.492 e. The third-order valence-corrected chi connectivity index (χ3v) is 4.01. The molecule has 0 radical (unpaired) electrons. The summed E-state index contributed by atoms with van der Waals surface area (Å²) in [6.45, 7) is 2.44. The second kappa shape index (κ2) is 7.11. The van der Waals surface area contributed by atoms with E-state index in [0.717, 1.165) is 4.88 Å². The van der Waals surface area contributed by atoms with Crippen molar-refractivity contribution in [1.82, 2.24) is 5.16 Å². The van der Waals surface area contributed by atoms with Gasteiger partial charge >= 0.3 is 0 Å². The highest BCUT2D eigenvalue weighted by molar-refractivity contribution is 7.13. The minimum atomic E-state index is -0.164. The number of ether oxygens (including phenoxy) is 1. The number of carbonyl (C=O) groups excluding carboxylic acids is 1. The fourth-order valence-electron chi connectivity index (χ4n) is 2.14. The molecule has 0 spiro atoms. The molecule has 0 saturated carbocycles. The summed E-state index contributed by atoms with van der Waals surface area (Å²) in [6, 6.07) is 13.0. The van der Waals surface area contributed by atoms with Crippen molar-refractivity contribution in [3.63, 3.8) is 0 Å². The first-order valence-electron chi connectivity index (χ1n) is 7.27. The SMILES string of the molecule is CCOc1ccccc1NC(=O)Cc1cc(-c2cccs2)on1. The number of nitrogens with one attached hydrogen (secondary N) is 1. The summed E-state index contributed by atoms with van der Waals surface area (Å²) in [6.07, 6.45) is 0.148. The second-order valence-corrected chi connectivity index (χ2v) is 5.76. The third kappa shape index (κ3) is 3.78. The molecule has 0 aliphatic carbocycles. The van der Waals surface area contributed by atoms with Crippen molar-refractivity contribution in [1.29, 1.82) is 0 Å². The van der Waals surface area contributed by atoms with Crippen molar-refractivity contribution in [3.8, 4) is 16.4 Å². The van der Waals surface area contributed by atoms with Crippen LogP contribution in [0.1, 0.15) is 12.6 Å². The minimum Gasteiger partial charge on any atom is -0.492 e. The monoisotopic (exact) mass is 328 g/mol. The predicted molar refractivity (Wildman–Crippen MR) is 89.8 cm³/mol. The Hall–Kier alpha value is -2.60. The topological polar surface area (TPSA) is 64.4 Å². The van der Waals surface area contributed by atoms with E-state index in [9.17, 15) is 4.79 Å². The van der Waals surface area contributed by atoms with E-state index in [0.29, 0.717) is 29.5 Å². The van der Waals surface area contributed by atoms with Gasteiger partial charge in [0.25, 0.3) is 0 Å². The Kier molecular flexibility index (Phi) is 4.73. The molecular weight excluding hydrogens is 312 g/mol. The fraction of sp³-hybridized carbons (Fsp3) is 0.176. The van der Waals surface area contributed by atoms with Crippen molar-refractivity contribution in [2.75, 3.05) is 11.9 Å².